The van der Waals surface area contributed by atoms with Crippen molar-refractivity contribution in [1.82, 2.24) is 0 Å². The zero-order valence-electron chi connectivity index (χ0n) is 15.5. The predicted octanol–water partition coefficient (Wildman–Crippen LogP) is 2.92. The number of para-hydroxylation sites is 1. The number of amides is 2. The molecule has 1 fully saturated rings. The number of anilines is 2. The molecule has 1 heterocycles. The van der Waals surface area contributed by atoms with Crippen molar-refractivity contribution in [1.29, 1.82) is 0 Å². The van der Waals surface area contributed by atoms with Crippen molar-refractivity contribution in [2.75, 3.05) is 23.4 Å². The Labute approximate surface area is 162 Å². The zero-order chi connectivity index (χ0) is 20.1. The fourth-order valence-electron chi connectivity index (χ4n) is 3.19. The molecule has 0 spiro atoms. The van der Waals surface area contributed by atoms with E-state index in [0.29, 0.717) is 0 Å². The van der Waals surface area contributed by atoms with Gasteiger partial charge in [-0.1, -0.05) is 31.2 Å². The van der Waals surface area contributed by atoms with Crippen LogP contribution in [-0.2, 0) is 25.5 Å². The van der Waals surface area contributed by atoms with Crippen LogP contribution < -0.4 is 10.2 Å². The van der Waals surface area contributed by atoms with E-state index in [1.54, 1.807) is 4.90 Å². The summed E-state index contributed by atoms with van der Waals surface area (Å²) in [7, 11) is 0. The molecule has 6 nitrogen and oxygen atoms in total. The van der Waals surface area contributed by atoms with Gasteiger partial charge in [-0.15, -0.1) is 0 Å². The van der Waals surface area contributed by atoms with Gasteiger partial charge in [0.25, 0.3) is 5.91 Å². The molecule has 2 amide bonds. The van der Waals surface area contributed by atoms with Gasteiger partial charge in [0.1, 0.15) is 5.82 Å². The molecule has 0 radical (unpaired) electrons. The summed E-state index contributed by atoms with van der Waals surface area (Å²) in [6.07, 6.45) is 0.817. The van der Waals surface area contributed by atoms with Crippen molar-refractivity contribution in [3.05, 3.63) is 59.9 Å². The molecular formula is C21H21FN2O4. The third-order valence-electron chi connectivity index (χ3n) is 4.58. The minimum absolute atomic E-state index is 0.0440. The number of nitrogens with zero attached hydrogens (tertiary/aromatic N) is 1. The summed E-state index contributed by atoms with van der Waals surface area (Å²) >= 11 is 0. The Hall–Kier alpha value is -3.22. The molecule has 2 aromatic carbocycles. The monoisotopic (exact) mass is 384 g/mol. The van der Waals surface area contributed by atoms with Crippen LogP contribution in [0.25, 0.3) is 0 Å². The molecule has 2 aromatic rings. The fraction of sp³-hybridized carbons (Fsp3) is 0.286. The van der Waals surface area contributed by atoms with Crippen molar-refractivity contribution < 1.29 is 23.5 Å². The average molecular weight is 384 g/mol. The molecule has 0 aliphatic carbocycles. The molecule has 0 bridgehead atoms. The normalized spacial score (nSPS) is 16.1. The van der Waals surface area contributed by atoms with E-state index in [-0.39, 0.29) is 24.6 Å². The highest BCUT2D eigenvalue weighted by molar-refractivity contribution is 6.00. The van der Waals surface area contributed by atoms with Gasteiger partial charge >= 0.3 is 5.97 Å². The van der Waals surface area contributed by atoms with Crippen molar-refractivity contribution in [3.63, 3.8) is 0 Å². The molecular weight excluding hydrogens is 363 g/mol. The molecule has 1 N–H and O–H groups in total. The number of aryl methyl sites for hydroxylation is 1. The Bertz CT molecular complexity index is 899. The number of rotatable bonds is 6. The highest BCUT2D eigenvalue weighted by Crippen LogP contribution is 2.29. The zero-order valence-corrected chi connectivity index (χ0v) is 15.5. The largest absolute Gasteiger partial charge is 0.455 e. The lowest BCUT2D eigenvalue weighted by molar-refractivity contribution is -0.151. The third kappa shape index (κ3) is 4.54. The summed E-state index contributed by atoms with van der Waals surface area (Å²) in [5, 5.41) is 2.45. The van der Waals surface area contributed by atoms with Gasteiger partial charge in [-0.25, -0.2) is 4.39 Å². The van der Waals surface area contributed by atoms with Gasteiger partial charge in [0, 0.05) is 24.3 Å². The Balaban J connectivity index is 1.55. The number of halogens is 1. The summed E-state index contributed by atoms with van der Waals surface area (Å²) in [5.74, 6) is -2.42. The summed E-state index contributed by atoms with van der Waals surface area (Å²) in [5.41, 5.74) is 2.10. The minimum atomic E-state index is -0.626. The number of carbonyl (C=O) groups excluding carboxylic acids is 3. The molecule has 1 aliphatic heterocycles. The maximum absolute atomic E-state index is 13.1. The van der Waals surface area contributed by atoms with Crippen LogP contribution in [0.5, 0.6) is 0 Å². The molecule has 0 unspecified atom stereocenters. The van der Waals surface area contributed by atoms with Crippen LogP contribution >= 0.6 is 0 Å². The number of nitrogens with one attached hydrogen (secondary N) is 1. The first kappa shape index (κ1) is 19.5. The van der Waals surface area contributed by atoms with Gasteiger partial charge in [0.05, 0.1) is 5.92 Å². The van der Waals surface area contributed by atoms with Crippen LogP contribution in [0.3, 0.4) is 0 Å². The van der Waals surface area contributed by atoms with Crippen molar-refractivity contribution >= 4 is 29.2 Å². The quantitative estimate of drug-likeness (QED) is 0.777. The Morgan fingerprint density at radius 2 is 2.00 bits per heavy atom. The minimum Gasteiger partial charge on any atom is -0.455 e. The Morgan fingerprint density at radius 3 is 2.75 bits per heavy atom. The topological polar surface area (TPSA) is 75.7 Å². The Kier molecular flexibility index (Phi) is 6.03. The molecule has 0 aromatic heterocycles. The van der Waals surface area contributed by atoms with Crippen LogP contribution in [-0.4, -0.2) is 30.9 Å². The number of carbonyl (C=O) groups is 3. The van der Waals surface area contributed by atoms with Gasteiger partial charge < -0.3 is 15.0 Å². The average Bonchev–Trinajstić information content (AvgIpc) is 3.07. The van der Waals surface area contributed by atoms with E-state index in [1.165, 1.54) is 24.3 Å². The molecule has 1 aliphatic rings. The van der Waals surface area contributed by atoms with Crippen molar-refractivity contribution in [2.45, 2.75) is 19.8 Å². The maximum Gasteiger partial charge on any atom is 0.311 e. The first-order chi connectivity index (χ1) is 13.5. The number of ether oxygens (including phenoxy) is 1. The first-order valence-corrected chi connectivity index (χ1v) is 9.08. The van der Waals surface area contributed by atoms with Crippen LogP contribution in [0.2, 0.25) is 0 Å². The van der Waals surface area contributed by atoms with Crippen LogP contribution in [0.15, 0.2) is 48.5 Å². The van der Waals surface area contributed by atoms with Crippen molar-refractivity contribution in [2.24, 2.45) is 5.92 Å². The molecule has 146 valence electrons. The molecule has 0 saturated carbocycles. The number of esters is 1. The van der Waals surface area contributed by atoms with E-state index < -0.39 is 30.2 Å². The SMILES string of the molecule is CCc1ccccc1N1C[C@@H](C(=O)OCC(=O)Nc2cccc(F)c2)CC1=O. The second kappa shape index (κ2) is 8.65. The van der Waals surface area contributed by atoms with Crippen molar-refractivity contribution in [3.8, 4) is 0 Å². The molecule has 1 atom stereocenters. The standard InChI is InChI=1S/C21H21FN2O4/c1-2-14-6-3-4-9-18(14)24-12-15(10-20(24)26)21(27)28-13-19(25)23-17-8-5-7-16(22)11-17/h3-9,11,15H,2,10,12-13H2,1H3,(H,23,25)/t15-/m0/s1. The summed E-state index contributed by atoms with van der Waals surface area (Å²) < 4.78 is 18.2. The van der Waals surface area contributed by atoms with Gasteiger partial charge in [0.2, 0.25) is 5.91 Å². The highest BCUT2D eigenvalue weighted by atomic mass is 19.1. The van der Waals surface area contributed by atoms with E-state index in [4.69, 9.17) is 4.74 Å². The van der Waals surface area contributed by atoms with Gasteiger partial charge in [0.15, 0.2) is 6.61 Å². The van der Waals surface area contributed by atoms with E-state index in [1.807, 2.05) is 31.2 Å². The molecule has 28 heavy (non-hydrogen) atoms. The number of benzene rings is 2. The fourth-order valence-corrected chi connectivity index (χ4v) is 3.19. The van der Waals surface area contributed by atoms with E-state index in [0.717, 1.165) is 17.7 Å². The van der Waals surface area contributed by atoms with Gasteiger partial charge in [-0.05, 0) is 36.2 Å². The molecule has 7 heteroatoms. The smallest absolute Gasteiger partial charge is 0.311 e. The second-order valence-corrected chi connectivity index (χ2v) is 6.55. The van der Waals surface area contributed by atoms with E-state index >= 15 is 0 Å². The van der Waals surface area contributed by atoms with Crippen LogP contribution in [0.4, 0.5) is 15.8 Å². The van der Waals surface area contributed by atoms with Crippen LogP contribution in [0.1, 0.15) is 18.9 Å². The van der Waals surface area contributed by atoms with Gasteiger partial charge in [-0.2, -0.15) is 0 Å². The maximum atomic E-state index is 13.1. The lowest BCUT2D eigenvalue weighted by atomic mass is 10.1. The first-order valence-electron chi connectivity index (χ1n) is 9.08. The van der Waals surface area contributed by atoms with Gasteiger partial charge in [-0.3, -0.25) is 14.4 Å². The second-order valence-electron chi connectivity index (χ2n) is 6.55. The lowest BCUT2D eigenvalue weighted by Crippen LogP contribution is -2.28. The van der Waals surface area contributed by atoms with E-state index in [2.05, 4.69) is 5.32 Å². The summed E-state index contributed by atoms with van der Waals surface area (Å²) in [4.78, 5) is 38.1. The third-order valence-corrected chi connectivity index (χ3v) is 4.58. The summed E-state index contributed by atoms with van der Waals surface area (Å²) in [6, 6.07) is 13.0. The molecule has 3 rings (SSSR count). The highest BCUT2D eigenvalue weighted by Gasteiger charge is 2.36. The van der Waals surface area contributed by atoms with E-state index in [9.17, 15) is 18.8 Å². The number of hydrogen-bond donors (Lipinski definition) is 1. The number of hydrogen-bond acceptors (Lipinski definition) is 4. The van der Waals surface area contributed by atoms with Crippen LogP contribution in [0, 0.1) is 11.7 Å². The Morgan fingerprint density at radius 1 is 1.21 bits per heavy atom. The summed E-state index contributed by atoms with van der Waals surface area (Å²) in [6.45, 7) is 1.73. The lowest BCUT2D eigenvalue weighted by Gasteiger charge is -2.19. The predicted molar refractivity (Wildman–Crippen MR) is 102 cm³/mol. The molecule has 1 saturated heterocycles.